The lowest BCUT2D eigenvalue weighted by Crippen LogP contribution is -2.24. The van der Waals surface area contributed by atoms with Crippen molar-refractivity contribution in [3.63, 3.8) is 0 Å². The summed E-state index contributed by atoms with van der Waals surface area (Å²) in [4.78, 5) is 20.6. The number of sulfonamides is 1. The molecule has 0 fully saturated rings. The number of aromatic nitrogens is 1. The van der Waals surface area contributed by atoms with Crippen molar-refractivity contribution in [2.45, 2.75) is 4.90 Å². The van der Waals surface area contributed by atoms with E-state index in [1.807, 2.05) is 0 Å². The topological polar surface area (TPSA) is 101 Å². The summed E-state index contributed by atoms with van der Waals surface area (Å²) in [5.74, 6) is -0.554. The minimum absolute atomic E-state index is 0.0611. The Morgan fingerprint density at radius 1 is 1.24 bits per heavy atom. The highest BCUT2D eigenvalue weighted by molar-refractivity contribution is 7.89. The zero-order chi connectivity index (χ0) is 18.6. The highest BCUT2D eigenvalue weighted by atomic mass is 35.5. The van der Waals surface area contributed by atoms with Crippen LogP contribution >= 0.6 is 11.6 Å². The maximum atomic E-state index is 12.5. The molecule has 0 aliphatic rings. The van der Waals surface area contributed by atoms with Gasteiger partial charge in [0.25, 0.3) is 5.91 Å². The second-order valence-electron chi connectivity index (χ2n) is 5.10. The van der Waals surface area contributed by atoms with Gasteiger partial charge in [0.2, 0.25) is 10.0 Å². The lowest BCUT2D eigenvalue weighted by molar-refractivity contribution is 0.0538. The summed E-state index contributed by atoms with van der Waals surface area (Å²) in [7, 11) is 0.490. The molecule has 1 heterocycles. The Morgan fingerprint density at radius 2 is 1.92 bits per heavy atom. The van der Waals surface area contributed by atoms with E-state index in [9.17, 15) is 13.2 Å². The average molecular weight is 385 g/mol. The first-order valence-corrected chi connectivity index (χ1v) is 8.86. The number of para-hydroxylation sites is 1. The molecule has 8 nitrogen and oxygen atoms in total. The second kappa shape index (κ2) is 7.79. The van der Waals surface area contributed by atoms with E-state index in [0.29, 0.717) is 5.69 Å². The molecule has 134 valence electrons. The molecule has 1 aromatic heterocycles. The summed E-state index contributed by atoms with van der Waals surface area (Å²) in [5, 5.41) is 3.08. The normalized spacial score (nSPS) is 11.4. The minimum Gasteiger partial charge on any atom is -0.354 e. The van der Waals surface area contributed by atoms with Crippen LogP contribution in [-0.4, -0.2) is 44.8 Å². The number of hydrogen-bond donors (Lipinski definition) is 2. The third-order valence-corrected chi connectivity index (χ3v) is 5.30. The van der Waals surface area contributed by atoms with Crippen molar-refractivity contribution < 1.29 is 18.0 Å². The van der Waals surface area contributed by atoms with Gasteiger partial charge < -0.3 is 5.32 Å². The quantitative estimate of drug-likeness (QED) is 0.583. The Hall–Kier alpha value is -2.20. The molecular weight excluding hydrogens is 368 g/mol. The molecule has 0 atom stereocenters. The van der Waals surface area contributed by atoms with Crippen molar-refractivity contribution in [1.29, 1.82) is 0 Å². The molecule has 1 aromatic carbocycles. The van der Waals surface area contributed by atoms with Crippen molar-refractivity contribution in [1.82, 2.24) is 14.8 Å². The summed E-state index contributed by atoms with van der Waals surface area (Å²) in [5.41, 5.74) is 2.91. The van der Waals surface area contributed by atoms with Crippen LogP contribution in [0.2, 0.25) is 5.15 Å². The second-order valence-corrected chi connectivity index (χ2v) is 7.60. The summed E-state index contributed by atoms with van der Waals surface area (Å²) >= 11 is 5.90. The molecule has 1 amide bonds. The Kier molecular flexibility index (Phi) is 5.96. The number of carbonyl (C=O) groups excluding carboxylic acids is 1. The third-order valence-electron chi connectivity index (χ3n) is 3.22. The highest BCUT2D eigenvalue weighted by Crippen LogP contribution is 2.29. The highest BCUT2D eigenvalue weighted by Gasteiger charge is 2.22. The fraction of sp³-hybridized carbons (Fsp3) is 0.200. The number of pyridine rings is 1. The molecule has 2 N–H and O–H groups in total. The fourth-order valence-electron chi connectivity index (χ4n) is 2.00. The van der Waals surface area contributed by atoms with Gasteiger partial charge in [-0.1, -0.05) is 23.7 Å². The summed E-state index contributed by atoms with van der Waals surface area (Å²) in [6, 6.07) is 7.76. The molecule has 0 radical (unpaired) electrons. The molecule has 0 saturated heterocycles. The summed E-state index contributed by atoms with van der Waals surface area (Å²) in [6.07, 6.45) is 1.27. The number of hydrogen-bond acceptors (Lipinski definition) is 6. The van der Waals surface area contributed by atoms with Crippen LogP contribution in [0, 0.1) is 0 Å². The van der Waals surface area contributed by atoms with Gasteiger partial charge in [0.05, 0.1) is 24.0 Å². The van der Waals surface area contributed by atoms with Crippen molar-refractivity contribution in [2.24, 2.45) is 0 Å². The van der Waals surface area contributed by atoms with Crippen LogP contribution in [0.3, 0.4) is 0 Å². The molecule has 0 aliphatic heterocycles. The van der Waals surface area contributed by atoms with Crippen LogP contribution in [0.15, 0.2) is 41.4 Å². The van der Waals surface area contributed by atoms with Crippen molar-refractivity contribution in [2.75, 3.05) is 26.5 Å². The number of halogens is 1. The van der Waals surface area contributed by atoms with Gasteiger partial charge in [-0.3, -0.25) is 9.63 Å². The van der Waals surface area contributed by atoms with Crippen LogP contribution in [-0.2, 0) is 14.9 Å². The van der Waals surface area contributed by atoms with Gasteiger partial charge in [-0.2, -0.15) is 0 Å². The number of carbonyl (C=O) groups is 1. The average Bonchev–Trinajstić information content (AvgIpc) is 2.55. The van der Waals surface area contributed by atoms with Crippen molar-refractivity contribution >= 4 is 38.9 Å². The van der Waals surface area contributed by atoms with Gasteiger partial charge in [-0.15, -0.1) is 0 Å². The number of anilines is 2. The fourth-order valence-corrected chi connectivity index (χ4v) is 3.20. The number of rotatable bonds is 6. The Balaban J connectivity index is 2.52. The summed E-state index contributed by atoms with van der Waals surface area (Å²) in [6.45, 7) is 0. The van der Waals surface area contributed by atoms with Crippen molar-refractivity contribution in [3.05, 3.63) is 47.2 Å². The van der Waals surface area contributed by atoms with E-state index in [4.69, 9.17) is 11.6 Å². The van der Waals surface area contributed by atoms with Gasteiger partial charge in [0.15, 0.2) is 0 Å². The minimum atomic E-state index is -3.68. The standard InChI is InChI=1S/C15H17ClN4O4S/c1-20(2)25(22,23)13-7-5-4-6-11(13)18-12-8-14(16)17-9-10(12)15(21)19-24-3/h4-9H,1-3H3,(H,17,18)(H,19,21). The lowest BCUT2D eigenvalue weighted by Gasteiger charge is -2.17. The van der Waals surface area contributed by atoms with Gasteiger partial charge in [0.1, 0.15) is 10.0 Å². The largest absolute Gasteiger partial charge is 0.354 e. The van der Waals surface area contributed by atoms with E-state index in [1.165, 1.54) is 39.5 Å². The lowest BCUT2D eigenvalue weighted by atomic mass is 10.2. The van der Waals surface area contributed by atoms with E-state index in [-0.39, 0.29) is 21.3 Å². The van der Waals surface area contributed by atoms with E-state index in [0.717, 1.165) is 4.31 Å². The number of nitrogens with one attached hydrogen (secondary N) is 2. The molecule has 0 spiro atoms. The molecule has 0 unspecified atom stereocenters. The monoisotopic (exact) mass is 384 g/mol. The number of hydroxylamine groups is 1. The van der Waals surface area contributed by atoms with E-state index >= 15 is 0 Å². The predicted octanol–water partition coefficient (Wildman–Crippen LogP) is 2.02. The van der Waals surface area contributed by atoms with Gasteiger partial charge in [-0.25, -0.2) is 23.2 Å². The Bertz CT molecular complexity index is 887. The molecule has 0 bridgehead atoms. The third kappa shape index (κ3) is 4.26. The van der Waals surface area contributed by atoms with Crippen molar-refractivity contribution in [3.8, 4) is 0 Å². The molecular formula is C15H17ClN4O4S. The van der Waals surface area contributed by atoms with Crippen LogP contribution in [0.5, 0.6) is 0 Å². The molecule has 0 aliphatic carbocycles. The molecule has 10 heteroatoms. The maximum absolute atomic E-state index is 12.5. The van der Waals surface area contributed by atoms with Crippen LogP contribution in [0.4, 0.5) is 11.4 Å². The van der Waals surface area contributed by atoms with E-state index in [2.05, 4.69) is 20.6 Å². The maximum Gasteiger partial charge on any atom is 0.278 e. The zero-order valence-electron chi connectivity index (χ0n) is 13.8. The van der Waals surface area contributed by atoms with Crippen LogP contribution < -0.4 is 10.8 Å². The van der Waals surface area contributed by atoms with Gasteiger partial charge >= 0.3 is 0 Å². The molecule has 25 heavy (non-hydrogen) atoms. The molecule has 2 rings (SSSR count). The zero-order valence-corrected chi connectivity index (χ0v) is 15.4. The smallest absolute Gasteiger partial charge is 0.278 e. The number of amides is 1. The number of nitrogens with zero attached hydrogens (tertiary/aromatic N) is 2. The van der Waals surface area contributed by atoms with E-state index in [1.54, 1.807) is 18.2 Å². The van der Waals surface area contributed by atoms with Crippen LogP contribution in [0.25, 0.3) is 0 Å². The number of benzene rings is 1. The van der Waals surface area contributed by atoms with Gasteiger partial charge in [-0.05, 0) is 18.2 Å². The van der Waals surface area contributed by atoms with E-state index < -0.39 is 15.9 Å². The SMILES string of the molecule is CONC(=O)c1cnc(Cl)cc1Nc1ccccc1S(=O)(=O)N(C)C. The molecule has 2 aromatic rings. The van der Waals surface area contributed by atoms with Crippen LogP contribution in [0.1, 0.15) is 10.4 Å². The predicted molar refractivity (Wildman–Crippen MR) is 94.3 cm³/mol. The first-order valence-electron chi connectivity index (χ1n) is 7.05. The first-order chi connectivity index (χ1) is 11.8. The summed E-state index contributed by atoms with van der Waals surface area (Å²) < 4.78 is 26.1. The Morgan fingerprint density at radius 3 is 2.56 bits per heavy atom. The Labute approximate surface area is 150 Å². The molecule has 0 saturated carbocycles. The van der Waals surface area contributed by atoms with Gasteiger partial charge in [0, 0.05) is 20.3 Å². The first kappa shape index (κ1) is 19.1.